The Morgan fingerprint density at radius 2 is 2.10 bits per heavy atom. The van der Waals surface area contributed by atoms with E-state index in [0.29, 0.717) is 43.6 Å². The van der Waals surface area contributed by atoms with Crippen molar-refractivity contribution in [1.82, 2.24) is 14.8 Å². The molecule has 2 fully saturated rings. The van der Waals surface area contributed by atoms with E-state index in [1.54, 1.807) is 18.3 Å². The first kappa shape index (κ1) is 18.4. The minimum absolute atomic E-state index is 0.0194. The molecule has 1 aromatic carbocycles. The molecule has 29 heavy (non-hydrogen) atoms. The van der Waals surface area contributed by atoms with Crippen LogP contribution in [0.3, 0.4) is 0 Å². The minimum atomic E-state index is 0.0194. The number of anilines is 1. The monoisotopic (exact) mass is 394 g/mol. The lowest BCUT2D eigenvalue weighted by molar-refractivity contribution is 0.0406. The van der Waals surface area contributed by atoms with Crippen LogP contribution in [0, 0.1) is 5.92 Å². The number of hydrogen-bond acceptors (Lipinski definition) is 6. The van der Waals surface area contributed by atoms with E-state index in [-0.39, 0.29) is 11.9 Å². The third kappa shape index (κ3) is 3.80. The van der Waals surface area contributed by atoms with Crippen molar-refractivity contribution < 1.29 is 14.3 Å². The van der Waals surface area contributed by atoms with Crippen LogP contribution in [0.25, 0.3) is 0 Å². The molecule has 0 saturated carbocycles. The van der Waals surface area contributed by atoms with E-state index in [1.807, 2.05) is 4.90 Å². The number of amides is 1. The predicted octanol–water partition coefficient (Wildman–Crippen LogP) is 1.57. The van der Waals surface area contributed by atoms with Crippen LogP contribution in [0.2, 0.25) is 0 Å². The summed E-state index contributed by atoms with van der Waals surface area (Å²) in [7, 11) is 0. The highest BCUT2D eigenvalue weighted by Gasteiger charge is 2.35. The number of aromatic nitrogens is 1. The molecule has 1 aromatic heterocycles. The van der Waals surface area contributed by atoms with Crippen LogP contribution >= 0.6 is 0 Å². The summed E-state index contributed by atoms with van der Waals surface area (Å²) < 4.78 is 11.6. The summed E-state index contributed by atoms with van der Waals surface area (Å²) in [5.41, 5.74) is 8.84. The average molecular weight is 394 g/mol. The predicted molar refractivity (Wildman–Crippen MR) is 109 cm³/mol. The lowest BCUT2D eigenvalue weighted by Gasteiger charge is -2.31. The van der Waals surface area contributed by atoms with Gasteiger partial charge in [-0.05, 0) is 29.3 Å². The van der Waals surface area contributed by atoms with Crippen molar-refractivity contribution in [1.29, 1.82) is 0 Å². The van der Waals surface area contributed by atoms with Gasteiger partial charge in [-0.25, -0.2) is 4.98 Å². The fraction of sp³-hybridized carbons (Fsp3) is 0.455. The van der Waals surface area contributed by atoms with Crippen LogP contribution in [0.15, 0.2) is 36.5 Å². The van der Waals surface area contributed by atoms with Crippen molar-refractivity contribution in [2.45, 2.75) is 19.0 Å². The topological polar surface area (TPSA) is 80.9 Å². The molecule has 1 amide bonds. The summed E-state index contributed by atoms with van der Waals surface area (Å²) >= 11 is 0. The number of carbonyl (C=O) groups excluding carboxylic acids is 1. The third-order valence-corrected chi connectivity index (χ3v) is 6.04. The highest BCUT2D eigenvalue weighted by Crippen LogP contribution is 2.28. The molecule has 4 heterocycles. The number of ether oxygens (including phenoxy) is 2. The van der Waals surface area contributed by atoms with Crippen molar-refractivity contribution in [3.63, 3.8) is 0 Å². The van der Waals surface area contributed by atoms with Crippen molar-refractivity contribution in [2.75, 3.05) is 45.2 Å². The smallest absolute Gasteiger partial charge is 0.255 e. The molecule has 5 rings (SSSR count). The SMILES string of the molecule is Nc1ccc(C(=O)N2C[C@@H]3COC[C@H](C2)N(Cc2ccc4c(c2)CCO4)C3)cn1. The van der Waals surface area contributed by atoms with Gasteiger partial charge < -0.3 is 20.1 Å². The second kappa shape index (κ2) is 7.65. The standard InChI is InChI=1S/C22H26N4O3/c23-21-4-2-18(8-24-21)22(27)26-11-16-10-25(19(12-26)14-28-13-16)9-15-1-3-20-17(7-15)5-6-29-20/h1-4,7-8,16,19H,5-6,9-14H2,(H2,23,24)/t16-,19+/m1/s1. The summed E-state index contributed by atoms with van der Waals surface area (Å²) in [4.78, 5) is 21.6. The van der Waals surface area contributed by atoms with Gasteiger partial charge in [0.05, 0.1) is 31.4 Å². The molecule has 3 aliphatic heterocycles. The van der Waals surface area contributed by atoms with Gasteiger partial charge in [0, 0.05) is 44.7 Å². The maximum atomic E-state index is 13.1. The maximum Gasteiger partial charge on any atom is 0.255 e. The quantitative estimate of drug-likeness (QED) is 0.851. The zero-order chi connectivity index (χ0) is 19.8. The Morgan fingerprint density at radius 1 is 1.17 bits per heavy atom. The Labute approximate surface area is 170 Å². The number of benzene rings is 1. The van der Waals surface area contributed by atoms with Crippen molar-refractivity contribution in [3.05, 3.63) is 53.2 Å². The second-order valence-corrected chi connectivity index (χ2v) is 8.21. The molecule has 2 N–H and O–H groups in total. The fourth-order valence-electron chi connectivity index (χ4n) is 4.58. The van der Waals surface area contributed by atoms with Crippen molar-refractivity contribution in [3.8, 4) is 5.75 Å². The van der Waals surface area contributed by atoms with Crippen LogP contribution in [-0.4, -0.2) is 66.2 Å². The zero-order valence-corrected chi connectivity index (χ0v) is 16.4. The number of rotatable bonds is 3. The highest BCUT2D eigenvalue weighted by molar-refractivity contribution is 5.94. The average Bonchev–Trinajstić information content (AvgIpc) is 3.00. The molecule has 7 nitrogen and oxygen atoms in total. The van der Waals surface area contributed by atoms with Crippen LogP contribution in [-0.2, 0) is 17.7 Å². The normalized spacial score (nSPS) is 23.9. The van der Waals surface area contributed by atoms with Crippen LogP contribution in [0.1, 0.15) is 21.5 Å². The van der Waals surface area contributed by atoms with Crippen molar-refractivity contribution in [2.24, 2.45) is 5.92 Å². The minimum Gasteiger partial charge on any atom is -0.493 e. The molecule has 0 aliphatic carbocycles. The first-order chi connectivity index (χ1) is 14.2. The van der Waals surface area contributed by atoms with E-state index in [4.69, 9.17) is 15.2 Å². The molecule has 0 unspecified atom stereocenters. The van der Waals surface area contributed by atoms with Gasteiger partial charge in [-0.1, -0.05) is 12.1 Å². The van der Waals surface area contributed by atoms with Gasteiger partial charge in [0.2, 0.25) is 0 Å². The number of fused-ring (bicyclic) bond motifs is 4. The molecular weight excluding hydrogens is 368 g/mol. The van der Waals surface area contributed by atoms with Gasteiger partial charge in [0.15, 0.2) is 0 Å². The fourth-order valence-corrected chi connectivity index (χ4v) is 4.58. The molecule has 7 heteroatoms. The Hall–Kier alpha value is -2.64. The number of pyridine rings is 1. The lowest BCUT2D eigenvalue weighted by Crippen LogP contribution is -2.45. The molecule has 152 valence electrons. The molecular formula is C22H26N4O3. The molecule has 2 bridgehead atoms. The van der Waals surface area contributed by atoms with E-state index in [1.165, 1.54) is 11.1 Å². The third-order valence-electron chi connectivity index (χ3n) is 6.04. The number of nitrogen functional groups attached to an aromatic ring is 1. The van der Waals surface area contributed by atoms with E-state index in [0.717, 1.165) is 31.9 Å². The van der Waals surface area contributed by atoms with Gasteiger partial charge >= 0.3 is 0 Å². The summed E-state index contributed by atoms with van der Waals surface area (Å²) in [5.74, 6) is 1.76. The van der Waals surface area contributed by atoms with E-state index in [9.17, 15) is 4.79 Å². The largest absolute Gasteiger partial charge is 0.493 e. The van der Waals surface area contributed by atoms with Gasteiger partial charge in [-0.15, -0.1) is 0 Å². The molecule has 2 atom stereocenters. The zero-order valence-electron chi connectivity index (χ0n) is 16.4. The molecule has 0 radical (unpaired) electrons. The van der Waals surface area contributed by atoms with E-state index in [2.05, 4.69) is 28.1 Å². The summed E-state index contributed by atoms with van der Waals surface area (Å²) in [6.45, 7) is 5.27. The van der Waals surface area contributed by atoms with Gasteiger partial charge in [-0.2, -0.15) is 0 Å². The molecule has 2 saturated heterocycles. The number of carbonyl (C=O) groups is 1. The van der Waals surface area contributed by atoms with Gasteiger partial charge in [-0.3, -0.25) is 9.69 Å². The lowest BCUT2D eigenvalue weighted by atomic mass is 10.1. The molecule has 3 aliphatic rings. The first-order valence-corrected chi connectivity index (χ1v) is 10.2. The Bertz CT molecular complexity index is 901. The second-order valence-electron chi connectivity index (χ2n) is 8.21. The maximum absolute atomic E-state index is 13.1. The number of nitrogens with two attached hydrogens (primary N) is 1. The van der Waals surface area contributed by atoms with Crippen molar-refractivity contribution >= 4 is 11.7 Å². The summed E-state index contributed by atoms with van der Waals surface area (Å²) in [6.07, 6.45) is 2.55. The van der Waals surface area contributed by atoms with Crippen LogP contribution in [0.5, 0.6) is 5.75 Å². The van der Waals surface area contributed by atoms with Gasteiger partial charge in [0.1, 0.15) is 11.6 Å². The van der Waals surface area contributed by atoms with Crippen LogP contribution in [0.4, 0.5) is 5.82 Å². The molecule has 2 aromatic rings. The van der Waals surface area contributed by atoms with Crippen LogP contribution < -0.4 is 10.5 Å². The summed E-state index contributed by atoms with van der Waals surface area (Å²) in [5, 5.41) is 0. The van der Waals surface area contributed by atoms with E-state index >= 15 is 0 Å². The number of hydrogen-bond donors (Lipinski definition) is 1. The summed E-state index contributed by atoms with van der Waals surface area (Å²) in [6, 6.07) is 10.1. The molecule has 0 spiro atoms. The Kier molecular flexibility index (Phi) is 4.85. The van der Waals surface area contributed by atoms with E-state index < -0.39 is 0 Å². The van der Waals surface area contributed by atoms with Gasteiger partial charge in [0.25, 0.3) is 5.91 Å². The Balaban J connectivity index is 1.34. The first-order valence-electron chi connectivity index (χ1n) is 10.2. The Morgan fingerprint density at radius 3 is 2.97 bits per heavy atom. The number of nitrogens with zero attached hydrogens (tertiary/aromatic N) is 3. The highest BCUT2D eigenvalue weighted by atomic mass is 16.5.